The standard InChI is InChI=1S/C12H21NO4/c1-4-7-16-10(14)9-12(13,6-3)11(15)17-8-5-2/h6H,3-5,7-9,13H2,1-2H3. The molecule has 0 aromatic heterocycles. The number of rotatable bonds is 8. The fraction of sp³-hybridized carbons (Fsp3) is 0.667. The van der Waals surface area contributed by atoms with Crippen LogP contribution in [-0.2, 0) is 19.1 Å². The molecule has 0 aliphatic rings. The van der Waals surface area contributed by atoms with Crippen molar-refractivity contribution in [1.82, 2.24) is 0 Å². The molecule has 0 aromatic rings. The van der Waals surface area contributed by atoms with Crippen LogP contribution in [0.3, 0.4) is 0 Å². The van der Waals surface area contributed by atoms with Gasteiger partial charge in [0.2, 0.25) is 0 Å². The Morgan fingerprint density at radius 3 is 2.24 bits per heavy atom. The Labute approximate surface area is 102 Å². The van der Waals surface area contributed by atoms with E-state index >= 15 is 0 Å². The highest BCUT2D eigenvalue weighted by atomic mass is 16.5. The highest BCUT2D eigenvalue weighted by Crippen LogP contribution is 2.12. The molecular weight excluding hydrogens is 222 g/mol. The molecule has 0 aliphatic heterocycles. The molecule has 1 unspecified atom stereocenters. The number of hydrogen-bond donors (Lipinski definition) is 1. The number of carbonyl (C=O) groups is 2. The van der Waals surface area contributed by atoms with Gasteiger partial charge in [0.1, 0.15) is 5.54 Å². The summed E-state index contributed by atoms with van der Waals surface area (Å²) in [7, 11) is 0. The van der Waals surface area contributed by atoms with Crippen molar-refractivity contribution in [3.8, 4) is 0 Å². The zero-order valence-electron chi connectivity index (χ0n) is 10.5. The second-order valence-corrected chi connectivity index (χ2v) is 3.78. The van der Waals surface area contributed by atoms with Crippen molar-refractivity contribution in [2.24, 2.45) is 5.73 Å². The summed E-state index contributed by atoms with van der Waals surface area (Å²) in [5, 5.41) is 0. The van der Waals surface area contributed by atoms with Crippen LogP contribution in [0.2, 0.25) is 0 Å². The molecule has 0 spiro atoms. The van der Waals surface area contributed by atoms with Gasteiger partial charge in [-0.1, -0.05) is 19.9 Å². The maximum Gasteiger partial charge on any atom is 0.330 e. The first-order valence-corrected chi connectivity index (χ1v) is 5.75. The lowest BCUT2D eigenvalue weighted by atomic mass is 9.97. The average Bonchev–Trinajstić information content (AvgIpc) is 2.32. The molecule has 1 atom stereocenters. The van der Waals surface area contributed by atoms with Crippen LogP contribution in [0.25, 0.3) is 0 Å². The minimum atomic E-state index is -1.50. The summed E-state index contributed by atoms with van der Waals surface area (Å²) < 4.78 is 9.78. The fourth-order valence-corrected chi connectivity index (χ4v) is 1.06. The summed E-state index contributed by atoms with van der Waals surface area (Å²) in [5.41, 5.74) is 4.26. The average molecular weight is 243 g/mol. The van der Waals surface area contributed by atoms with Gasteiger partial charge in [-0.2, -0.15) is 0 Å². The molecule has 17 heavy (non-hydrogen) atoms. The number of nitrogens with two attached hydrogens (primary N) is 1. The van der Waals surface area contributed by atoms with E-state index < -0.39 is 17.5 Å². The SMILES string of the molecule is C=CC(N)(CC(=O)OCCC)C(=O)OCCC. The van der Waals surface area contributed by atoms with Crippen molar-refractivity contribution in [2.45, 2.75) is 38.6 Å². The van der Waals surface area contributed by atoms with E-state index in [-0.39, 0.29) is 13.0 Å². The van der Waals surface area contributed by atoms with Crippen molar-refractivity contribution in [1.29, 1.82) is 0 Å². The molecule has 2 N–H and O–H groups in total. The van der Waals surface area contributed by atoms with Crippen LogP contribution >= 0.6 is 0 Å². The van der Waals surface area contributed by atoms with Crippen LogP contribution in [0.1, 0.15) is 33.1 Å². The van der Waals surface area contributed by atoms with Crippen LogP contribution < -0.4 is 5.73 Å². The van der Waals surface area contributed by atoms with E-state index in [1.54, 1.807) is 0 Å². The number of ether oxygens (including phenoxy) is 2. The molecule has 0 fully saturated rings. The fourth-order valence-electron chi connectivity index (χ4n) is 1.06. The second kappa shape index (κ2) is 7.84. The van der Waals surface area contributed by atoms with Crippen LogP contribution in [0.5, 0.6) is 0 Å². The van der Waals surface area contributed by atoms with Gasteiger partial charge in [0.05, 0.1) is 19.6 Å². The van der Waals surface area contributed by atoms with Crippen molar-refractivity contribution in [3.05, 3.63) is 12.7 Å². The predicted octanol–water partition coefficient (Wildman–Crippen LogP) is 1.17. The van der Waals surface area contributed by atoms with E-state index in [2.05, 4.69) is 6.58 Å². The summed E-state index contributed by atoms with van der Waals surface area (Å²) in [5.74, 6) is -1.18. The smallest absolute Gasteiger partial charge is 0.330 e. The number of hydrogen-bond acceptors (Lipinski definition) is 5. The van der Waals surface area contributed by atoms with Gasteiger partial charge in [-0.25, -0.2) is 4.79 Å². The van der Waals surface area contributed by atoms with Crippen molar-refractivity contribution in [3.63, 3.8) is 0 Å². The topological polar surface area (TPSA) is 78.6 Å². The van der Waals surface area contributed by atoms with Crippen molar-refractivity contribution >= 4 is 11.9 Å². The molecule has 0 radical (unpaired) electrons. The molecule has 0 saturated carbocycles. The molecule has 98 valence electrons. The third-order valence-corrected chi connectivity index (χ3v) is 2.09. The molecule has 5 heteroatoms. The maximum absolute atomic E-state index is 11.6. The lowest BCUT2D eigenvalue weighted by Crippen LogP contribution is -2.49. The predicted molar refractivity (Wildman–Crippen MR) is 64.2 cm³/mol. The van der Waals surface area contributed by atoms with Gasteiger partial charge in [0.25, 0.3) is 0 Å². The lowest BCUT2D eigenvalue weighted by molar-refractivity contribution is -0.154. The summed E-state index contributed by atoms with van der Waals surface area (Å²) in [6.45, 7) is 7.80. The van der Waals surface area contributed by atoms with E-state index in [4.69, 9.17) is 15.2 Å². The summed E-state index contributed by atoms with van der Waals surface area (Å²) >= 11 is 0. The largest absolute Gasteiger partial charge is 0.466 e. The molecule has 0 heterocycles. The van der Waals surface area contributed by atoms with Gasteiger partial charge < -0.3 is 15.2 Å². The summed E-state index contributed by atoms with van der Waals surface area (Å²) in [6, 6.07) is 0. The molecule has 0 aromatic carbocycles. The molecule has 0 bridgehead atoms. The van der Waals surface area contributed by atoms with Crippen LogP contribution in [0, 0.1) is 0 Å². The van der Waals surface area contributed by atoms with Gasteiger partial charge in [-0.05, 0) is 12.8 Å². The quantitative estimate of drug-likeness (QED) is 0.511. The Kier molecular flexibility index (Phi) is 7.21. The molecule has 0 saturated heterocycles. The van der Waals surface area contributed by atoms with Crippen molar-refractivity contribution < 1.29 is 19.1 Å². The van der Waals surface area contributed by atoms with Crippen molar-refractivity contribution in [2.75, 3.05) is 13.2 Å². The van der Waals surface area contributed by atoms with Crippen LogP contribution in [-0.4, -0.2) is 30.7 Å². The van der Waals surface area contributed by atoms with Gasteiger partial charge in [-0.15, -0.1) is 6.58 Å². The number of esters is 2. The molecule has 0 aliphatic carbocycles. The molecular formula is C12H21NO4. The van der Waals surface area contributed by atoms with E-state index in [9.17, 15) is 9.59 Å². The first-order valence-electron chi connectivity index (χ1n) is 5.75. The summed E-state index contributed by atoms with van der Waals surface area (Å²) in [4.78, 5) is 23.0. The Morgan fingerprint density at radius 1 is 1.24 bits per heavy atom. The highest BCUT2D eigenvalue weighted by molar-refractivity contribution is 5.88. The van der Waals surface area contributed by atoms with Crippen LogP contribution in [0.15, 0.2) is 12.7 Å². The summed E-state index contributed by atoms with van der Waals surface area (Å²) in [6.07, 6.45) is 2.38. The van der Waals surface area contributed by atoms with Crippen LogP contribution in [0.4, 0.5) is 0 Å². The second-order valence-electron chi connectivity index (χ2n) is 3.78. The Hall–Kier alpha value is -1.36. The third-order valence-electron chi connectivity index (χ3n) is 2.09. The van der Waals surface area contributed by atoms with E-state index in [1.807, 2.05) is 13.8 Å². The van der Waals surface area contributed by atoms with Gasteiger partial charge in [-0.3, -0.25) is 4.79 Å². The Balaban J connectivity index is 4.40. The normalized spacial score (nSPS) is 13.6. The van der Waals surface area contributed by atoms with E-state index in [1.165, 1.54) is 6.08 Å². The third kappa shape index (κ3) is 5.49. The van der Waals surface area contributed by atoms with E-state index in [0.717, 1.165) is 6.42 Å². The Morgan fingerprint density at radius 2 is 1.76 bits per heavy atom. The lowest BCUT2D eigenvalue weighted by Gasteiger charge is -2.22. The van der Waals surface area contributed by atoms with Gasteiger partial charge in [0.15, 0.2) is 0 Å². The first-order chi connectivity index (χ1) is 8.00. The number of carbonyl (C=O) groups excluding carboxylic acids is 2. The maximum atomic E-state index is 11.6. The zero-order valence-corrected chi connectivity index (χ0v) is 10.5. The molecule has 0 amide bonds. The molecule has 0 rings (SSSR count). The minimum absolute atomic E-state index is 0.251. The zero-order chi connectivity index (χ0) is 13.3. The minimum Gasteiger partial charge on any atom is -0.466 e. The van der Waals surface area contributed by atoms with E-state index in [0.29, 0.717) is 13.0 Å². The first kappa shape index (κ1) is 15.6. The Bertz CT molecular complexity index is 278. The molecule has 5 nitrogen and oxygen atoms in total. The van der Waals surface area contributed by atoms with Gasteiger partial charge in [0, 0.05) is 0 Å². The van der Waals surface area contributed by atoms with Gasteiger partial charge >= 0.3 is 11.9 Å². The monoisotopic (exact) mass is 243 g/mol. The highest BCUT2D eigenvalue weighted by Gasteiger charge is 2.35.